The first-order valence-electron chi connectivity index (χ1n) is 6.70. The third-order valence-corrected chi connectivity index (χ3v) is 3.83. The van der Waals surface area contributed by atoms with Gasteiger partial charge in [0.1, 0.15) is 0 Å². The Balaban J connectivity index is 0.00000161. The van der Waals surface area contributed by atoms with Gasteiger partial charge in [0.2, 0.25) is 0 Å². The Hall–Kier alpha value is -1.76. The van der Waals surface area contributed by atoms with Gasteiger partial charge in [-0.1, -0.05) is 90.5 Å². The summed E-state index contributed by atoms with van der Waals surface area (Å²) < 4.78 is 0. The van der Waals surface area contributed by atoms with Crippen LogP contribution in [0.15, 0.2) is 84.9 Å². The van der Waals surface area contributed by atoms with Gasteiger partial charge in [0.25, 0.3) is 0 Å². The summed E-state index contributed by atoms with van der Waals surface area (Å²) in [4.78, 5) is 0. The standard InChI is InChI=1S/C19H15Cl.ClH/c20-18-14-8-7-13-17(18)19(15-9-3-1-4-10-15)16-11-5-2-6-12-16;/h1-14,19H;1H. The van der Waals surface area contributed by atoms with Gasteiger partial charge in [-0.2, -0.15) is 0 Å². The fourth-order valence-electron chi connectivity index (χ4n) is 2.55. The van der Waals surface area contributed by atoms with E-state index in [0.717, 1.165) is 10.6 Å². The average molecular weight is 315 g/mol. The van der Waals surface area contributed by atoms with Gasteiger partial charge in [0, 0.05) is 10.9 Å². The van der Waals surface area contributed by atoms with E-state index in [0.29, 0.717) is 0 Å². The maximum absolute atomic E-state index is 6.42. The number of halogens is 2. The molecule has 0 bridgehead atoms. The molecule has 0 aromatic heterocycles. The number of benzene rings is 3. The molecule has 0 unspecified atom stereocenters. The highest BCUT2D eigenvalue weighted by molar-refractivity contribution is 6.31. The summed E-state index contributed by atoms with van der Waals surface area (Å²) in [5, 5.41) is 0.810. The van der Waals surface area contributed by atoms with Crippen LogP contribution in [0.3, 0.4) is 0 Å². The largest absolute Gasteiger partial charge is 0.147 e. The summed E-state index contributed by atoms with van der Waals surface area (Å²) in [5.74, 6) is 0.172. The Kier molecular flexibility index (Phi) is 5.44. The zero-order valence-electron chi connectivity index (χ0n) is 11.4. The lowest BCUT2D eigenvalue weighted by Crippen LogP contribution is -2.03. The molecule has 0 fully saturated rings. The van der Waals surface area contributed by atoms with Crippen LogP contribution in [0, 0.1) is 0 Å². The molecule has 106 valence electrons. The van der Waals surface area contributed by atoms with Crippen molar-refractivity contribution in [2.24, 2.45) is 0 Å². The van der Waals surface area contributed by atoms with Crippen LogP contribution in [-0.4, -0.2) is 0 Å². The summed E-state index contributed by atoms with van der Waals surface area (Å²) in [6.45, 7) is 0. The number of hydrogen-bond acceptors (Lipinski definition) is 0. The summed E-state index contributed by atoms with van der Waals surface area (Å²) in [6.07, 6.45) is 0. The van der Waals surface area contributed by atoms with Gasteiger partial charge in [-0.3, -0.25) is 0 Å². The second kappa shape index (κ2) is 7.31. The molecule has 0 atom stereocenters. The monoisotopic (exact) mass is 314 g/mol. The van der Waals surface area contributed by atoms with E-state index >= 15 is 0 Å². The van der Waals surface area contributed by atoms with E-state index in [9.17, 15) is 0 Å². The molecule has 0 radical (unpaired) electrons. The van der Waals surface area contributed by atoms with Crippen LogP contribution < -0.4 is 0 Å². The molecule has 0 amide bonds. The van der Waals surface area contributed by atoms with Crippen LogP contribution >= 0.6 is 24.0 Å². The van der Waals surface area contributed by atoms with Gasteiger partial charge in [0.05, 0.1) is 0 Å². The predicted octanol–water partition coefficient (Wildman–Crippen LogP) is 5.94. The molecule has 0 spiro atoms. The molecule has 0 saturated heterocycles. The summed E-state index contributed by atoms with van der Waals surface area (Å²) >= 11 is 6.42. The van der Waals surface area contributed by atoms with Crippen LogP contribution in [0.5, 0.6) is 0 Å². The van der Waals surface area contributed by atoms with Gasteiger partial charge in [0.15, 0.2) is 0 Å². The first-order chi connectivity index (χ1) is 9.86. The Morgan fingerprint density at radius 1 is 0.571 bits per heavy atom. The quantitative estimate of drug-likeness (QED) is 0.525. The third-order valence-electron chi connectivity index (χ3n) is 3.48. The normalized spacial score (nSPS) is 10.2. The number of rotatable bonds is 3. The fraction of sp³-hybridized carbons (Fsp3) is 0.0526. The number of hydrogen-bond donors (Lipinski definition) is 0. The molecule has 0 heterocycles. The van der Waals surface area contributed by atoms with Crippen molar-refractivity contribution >= 4 is 24.0 Å². The molecular formula is C19H16Cl2. The van der Waals surface area contributed by atoms with E-state index in [1.54, 1.807) is 0 Å². The van der Waals surface area contributed by atoms with Crippen LogP contribution in [0.1, 0.15) is 22.6 Å². The highest BCUT2D eigenvalue weighted by Crippen LogP contribution is 2.35. The summed E-state index contributed by atoms with van der Waals surface area (Å²) in [5.41, 5.74) is 3.66. The van der Waals surface area contributed by atoms with Crippen LogP contribution in [0.4, 0.5) is 0 Å². The average Bonchev–Trinajstić information content (AvgIpc) is 2.52. The minimum absolute atomic E-state index is 0. The minimum atomic E-state index is 0. The van der Waals surface area contributed by atoms with Crippen molar-refractivity contribution in [2.75, 3.05) is 0 Å². The van der Waals surface area contributed by atoms with Gasteiger partial charge in [-0.05, 0) is 22.8 Å². The summed E-state index contributed by atoms with van der Waals surface area (Å²) in [6, 6.07) is 29.1. The maximum Gasteiger partial charge on any atom is 0.0447 e. The van der Waals surface area contributed by atoms with Gasteiger partial charge < -0.3 is 0 Å². The Bertz CT molecular complexity index is 639. The van der Waals surface area contributed by atoms with Crippen LogP contribution in [-0.2, 0) is 0 Å². The molecule has 0 aliphatic rings. The first kappa shape index (κ1) is 15.6. The molecule has 3 rings (SSSR count). The van der Waals surface area contributed by atoms with Crippen molar-refractivity contribution in [1.82, 2.24) is 0 Å². The fourth-order valence-corrected chi connectivity index (χ4v) is 2.80. The van der Waals surface area contributed by atoms with Crippen molar-refractivity contribution in [3.8, 4) is 0 Å². The minimum Gasteiger partial charge on any atom is -0.147 e. The summed E-state index contributed by atoms with van der Waals surface area (Å²) in [7, 11) is 0. The molecule has 3 aromatic carbocycles. The van der Waals surface area contributed by atoms with Crippen molar-refractivity contribution < 1.29 is 0 Å². The zero-order valence-corrected chi connectivity index (χ0v) is 13.0. The predicted molar refractivity (Wildman–Crippen MR) is 92.5 cm³/mol. The molecule has 0 aliphatic heterocycles. The zero-order chi connectivity index (χ0) is 13.8. The second-order valence-corrected chi connectivity index (χ2v) is 5.18. The van der Waals surface area contributed by atoms with E-state index < -0.39 is 0 Å². The topological polar surface area (TPSA) is 0 Å². The van der Waals surface area contributed by atoms with E-state index in [4.69, 9.17) is 11.6 Å². The third kappa shape index (κ3) is 3.47. The lowest BCUT2D eigenvalue weighted by molar-refractivity contribution is 0.978. The molecule has 21 heavy (non-hydrogen) atoms. The lowest BCUT2D eigenvalue weighted by atomic mass is 9.85. The van der Waals surface area contributed by atoms with E-state index in [1.165, 1.54) is 11.1 Å². The SMILES string of the molecule is Cl.Clc1ccccc1C(c1ccccc1)c1ccccc1. The maximum atomic E-state index is 6.42. The van der Waals surface area contributed by atoms with E-state index in [-0.39, 0.29) is 18.3 Å². The van der Waals surface area contributed by atoms with Crippen molar-refractivity contribution in [1.29, 1.82) is 0 Å². The molecule has 3 aromatic rings. The van der Waals surface area contributed by atoms with Crippen molar-refractivity contribution in [3.05, 3.63) is 107 Å². The highest BCUT2D eigenvalue weighted by atomic mass is 35.5. The Morgan fingerprint density at radius 2 is 1.00 bits per heavy atom. The van der Waals surface area contributed by atoms with Gasteiger partial charge in [-0.25, -0.2) is 0 Å². The highest BCUT2D eigenvalue weighted by Gasteiger charge is 2.18. The molecule has 0 saturated carbocycles. The Morgan fingerprint density at radius 3 is 1.48 bits per heavy atom. The van der Waals surface area contributed by atoms with E-state index in [1.807, 2.05) is 30.3 Å². The van der Waals surface area contributed by atoms with E-state index in [2.05, 4.69) is 54.6 Å². The molecule has 0 nitrogen and oxygen atoms in total. The van der Waals surface area contributed by atoms with Crippen LogP contribution in [0.2, 0.25) is 5.02 Å². The molecule has 0 aliphatic carbocycles. The van der Waals surface area contributed by atoms with Gasteiger partial charge in [-0.15, -0.1) is 12.4 Å². The molecule has 2 heteroatoms. The lowest BCUT2D eigenvalue weighted by Gasteiger charge is -2.20. The van der Waals surface area contributed by atoms with Crippen molar-refractivity contribution in [2.45, 2.75) is 5.92 Å². The Labute approximate surface area is 136 Å². The smallest absolute Gasteiger partial charge is 0.0447 e. The molecular weight excluding hydrogens is 299 g/mol. The van der Waals surface area contributed by atoms with Gasteiger partial charge >= 0.3 is 0 Å². The van der Waals surface area contributed by atoms with Crippen molar-refractivity contribution in [3.63, 3.8) is 0 Å². The molecule has 0 N–H and O–H groups in total. The second-order valence-electron chi connectivity index (χ2n) is 4.78. The first-order valence-corrected chi connectivity index (χ1v) is 7.08. The van der Waals surface area contributed by atoms with Crippen LogP contribution in [0.25, 0.3) is 0 Å².